The van der Waals surface area contributed by atoms with Crippen molar-refractivity contribution in [1.29, 1.82) is 0 Å². The van der Waals surface area contributed by atoms with Crippen molar-refractivity contribution in [3.63, 3.8) is 0 Å². The molecule has 7 heteroatoms. The van der Waals surface area contributed by atoms with Crippen LogP contribution in [-0.2, 0) is 4.79 Å². The second kappa shape index (κ2) is 8.06. The normalized spacial score (nSPS) is 15.0. The van der Waals surface area contributed by atoms with Crippen LogP contribution in [0, 0.1) is 11.7 Å². The Morgan fingerprint density at radius 1 is 1.04 bits per heavy atom. The number of benzene rings is 2. The molecule has 1 N–H and O–H groups in total. The number of amides is 2. The van der Waals surface area contributed by atoms with Crippen LogP contribution in [0.5, 0.6) is 0 Å². The van der Waals surface area contributed by atoms with Gasteiger partial charge < -0.3 is 10.2 Å². The Morgan fingerprint density at radius 2 is 1.73 bits per heavy atom. The molecule has 0 aromatic heterocycles. The summed E-state index contributed by atoms with van der Waals surface area (Å²) in [4.78, 5) is 26.6. The highest BCUT2D eigenvalue weighted by Gasteiger charge is 2.28. The summed E-state index contributed by atoms with van der Waals surface area (Å²) in [6.07, 6.45) is 1.11. The maximum absolute atomic E-state index is 13.2. The summed E-state index contributed by atoms with van der Waals surface area (Å²) in [6.45, 7) is 0.957. The van der Waals surface area contributed by atoms with Crippen molar-refractivity contribution in [2.75, 3.05) is 18.4 Å². The van der Waals surface area contributed by atoms with Crippen molar-refractivity contribution >= 4 is 40.7 Å². The minimum absolute atomic E-state index is 0.0389. The van der Waals surface area contributed by atoms with Crippen LogP contribution >= 0.6 is 23.2 Å². The van der Waals surface area contributed by atoms with Gasteiger partial charge in [-0.3, -0.25) is 9.59 Å². The van der Waals surface area contributed by atoms with Gasteiger partial charge in [0.25, 0.3) is 5.91 Å². The maximum atomic E-state index is 13.2. The van der Waals surface area contributed by atoms with E-state index in [1.807, 2.05) is 0 Å². The minimum atomic E-state index is -0.531. The van der Waals surface area contributed by atoms with Gasteiger partial charge in [-0.2, -0.15) is 0 Å². The highest BCUT2D eigenvalue weighted by molar-refractivity contribution is 6.33. The van der Waals surface area contributed by atoms with Gasteiger partial charge in [0.1, 0.15) is 5.82 Å². The van der Waals surface area contributed by atoms with Gasteiger partial charge in [0.2, 0.25) is 5.91 Å². The molecule has 0 spiro atoms. The third-order valence-corrected chi connectivity index (χ3v) is 5.06. The number of rotatable bonds is 3. The quantitative estimate of drug-likeness (QED) is 0.825. The molecule has 1 aliphatic rings. The van der Waals surface area contributed by atoms with Crippen LogP contribution in [0.15, 0.2) is 42.5 Å². The highest BCUT2D eigenvalue weighted by atomic mass is 35.5. The van der Waals surface area contributed by atoms with Gasteiger partial charge in [-0.05, 0) is 43.2 Å². The van der Waals surface area contributed by atoms with Gasteiger partial charge in [0.05, 0.1) is 15.6 Å². The lowest BCUT2D eigenvalue weighted by Crippen LogP contribution is -2.41. The first kappa shape index (κ1) is 18.7. The van der Waals surface area contributed by atoms with E-state index < -0.39 is 5.82 Å². The van der Waals surface area contributed by atoms with E-state index in [1.54, 1.807) is 29.2 Å². The molecule has 26 heavy (non-hydrogen) atoms. The number of carbonyl (C=O) groups is 2. The van der Waals surface area contributed by atoms with Gasteiger partial charge >= 0.3 is 0 Å². The summed E-state index contributed by atoms with van der Waals surface area (Å²) in [5, 5.41) is 3.13. The number of nitrogens with one attached hydrogen (secondary N) is 1. The maximum Gasteiger partial charge on any atom is 0.255 e. The zero-order valence-electron chi connectivity index (χ0n) is 13.8. The molecule has 3 rings (SSSR count). The Hall–Kier alpha value is -2.11. The van der Waals surface area contributed by atoms with E-state index >= 15 is 0 Å². The molecule has 1 heterocycles. The van der Waals surface area contributed by atoms with Crippen molar-refractivity contribution < 1.29 is 14.0 Å². The molecule has 1 fully saturated rings. The first-order chi connectivity index (χ1) is 12.5. The minimum Gasteiger partial charge on any atom is -0.339 e. The van der Waals surface area contributed by atoms with Gasteiger partial charge in [0, 0.05) is 24.7 Å². The molecular weight excluding hydrogens is 378 g/mol. The molecule has 0 radical (unpaired) electrons. The number of piperidine rings is 1. The highest BCUT2D eigenvalue weighted by Crippen LogP contribution is 2.24. The Labute approximate surface area is 160 Å². The largest absolute Gasteiger partial charge is 0.339 e. The van der Waals surface area contributed by atoms with Gasteiger partial charge in [-0.15, -0.1) is 0 Å². The van der Waals surface area contributed by atoms with Gasteiger partial charge in [-0.1, -0.05) is 35.3 Å². The lowest BCUT2D eigenvalue weighted by atomic mass is 9.95. The van der Waals surface area contributed by atoms with E-state index in [-0.39, 0.29) is 22.8 Å². The van der Waals surface area contributed by atoms with Crippen LogP contribution in [0.25, 0.3) is 0 Å². The summed E-state index contributed by atoms with van der Waals surface area (Å²) in [7, 11) is 0. The van der Waals surface area contributed by atoms with E-state index in [0.717, 1.165) is 0 Å². The fraction of sp³-hybridized carbons (Fsp3) is 0.263. The standard InChI is InChI=1S/C19H17Cl2FN2O2/c20-15-4-2-1-3-14(15)19(26)24-9-7-12(8-10-24)18(25)23-13-5-6-17(22)16(21)11-13/h1-6,11-12H,7-10H2,(H,23,25). The fourth-order valence-electron chi connectivity index (χ4n) is 2.97. The topological polar surface area (TPSA) is 49.4 Å². The first-order valence-electron chi connectivity index (χ1n) is 8.25. The summed E-state index contributed by atoms with van der Waals surface area (Å²) in [5.41, 5.74) is 0.925. The number of hydrogen-bond donors (Lipinski definition) is 1. The smallest absolute Gasteiger partial charge is 0.255 e. The molecule has 2 aromatic carbocycles. The Kier molecular flexibility index (Phi) is 5.79. The van der Waals surface area contributed by atoms with Crippen molar-refractivity contribution in [2.45, 2.75) is 12.8 Å². The molecule has 0 saturated carbocycles. The van der Waals surface area contributed by atoms with Crippen LogP contribution < -0.4 is 5.32 Å². The average molecular weight is 395 g/mol. The summed E-state index contributed by atoms with van der Waals surface area (Å²) in [5.74, 6) is -1.03. The zero-order chi connectivity index (χ0) is 18.7. The monoisotopic (exact) mass is 394 g/mol. The van der Waals surface area contributed by atoms with Crippen LogP contribution in [0.3, 0.4) is 0 Å². The number of likely N-dealkylation sites (tertiary alicyclic amines) is 1. The molecule has 0 unspecified atom stereocenters. The number of carbonyl (C=O) groups excluding carboxylic acids is 2. The molecule has 2 amide bonds. The molecule has 0 bridgehead atoms. The molecule has 136 valence electrons. The number of anilines is 1. The summed E-state index contributed by atoms with van der Waals surface area (Å²) < 4.78 is 13.2. The molecule has 4 nitrogen and oxygen atoms in total. The number of hydrogen-bond acceptors (Lipinski definition) is 2. The molecule has 1 aliphatic heterocycles. The average Bonchev–Trinajstić information content (AvgIpc) is 2.65. The van der Waals surface area contributed by atoms with Crippen molar-refractivity contribution in [3.05, 3.63) is 63.9 Å². The summed E-state index contributed by atoms with van der Waals surface area (Å²) in [6, 6.07) is 11.0. The molecular formula is C19H17Cl2FN2O2. The fourth-order valence-corrected chi connectivity index (χ4v) is 3.37. The molecule has 0 atom stereocenters. The first-order valence-corrected chi connectivity index (χ1v) is 9.01. The Balaban J connectivity index is 1.57. The van der Waals surface area contributed by atoms with Gasteiger partial charge in [-0.25, -0.2) is 4.39 Å². The van der Waals surface area contributed by atoms with Crippen LogP contribution in [-0.4, -0.2) is 29.8 Å². The van der Waals surface area contributed by atoms with E-state index in [9.17, 15) is 14.0 Å². The zero-order valence-corrected chi connectivity index (χ0v) is 15.4. The Bertz CT molecular complexity index is 836. The van der Waals surface area contributed by atoms with E-state index in [4.69, 9.17) is 23.2 Å². The SMILES string of the molecule is O=C(Nc1ccc(F)c(Cl)c1)C1CCN(C(=O)c2ccccc2Cl)CC1. The predicted octanol–water partition coefficient (Wildman–Crippen LogP) is 4.62. The van der Waals surface area contributed by atoms with Crippen molar-refractivity contribution in [3.8, 4) is 0 Å². The van der Waals surface area contributed by atoms with E-state index in [2.05, 4.69) is 5.32 Å². The predicted molar refractivity (Wildman–Crippen MR) is 100 cm³/mol. The molecule has 1 saturated heterocycles. The van der Waals surface area contributed by atoms with E-state index in [0.29, 0.717) is 42.2 Å². The van der Waals surface area contributed by atoms with E-state index in [1.165, 1.54) is 18.2 Å². The molecule has 2 aromatic rings. The summed E-state index contributed by atoms with van der Waals surface area (Å²) >= 11 is 11.8. The lowest BCUT2D eigenvalue weighted by Gasteiger charge is -2.31. The van der Waals surface area contributed by atoms with Crippen LogP contribution in [0.1, 0.15) is 23.2 Å². The van der Waals surface area contributed by atoms with Crippen LogP contribution in [0.2, 0.25) is 10.0 Å². The number of halogens is 3. The van der Waals surface area contributed by atoms with Crippen LogP contribution in [0.4, 0.5) is 10.1 Å². The van der Waals surface area contributed by atoms with Crippen molar-refractivity contribution in [1.82, 2.24) is 4.90 Å². The van der Waals surface area contributed by atoms with Gasteiger partial charge in [0.15, 0.2) is 0 Å². The molecule has 0 aliphatic carbocycles. The lowest BCUT2D eigenvalue weighted by molar-refractivity contribution is -0.121. The second-order valence-electron chi connectivity index (χ2n) is 6.16. The third-order valence-electron chi connectivity index (χ3n) is 4.44. The third kappa shape index (κ3) is 4.17. The Morgan fingerprint density at radius 3 is 2.38 bits per heavy atom. The van der Waals surface area contributed by atoms with Crippen molar-refractivity contribution in [2.24, 2.45) is 5.92 Å². The second-order valence-corrected chi connectivity index (χ2v) is 6.98. The number of nitrogens with zero attached hydrogens (tertiary/aromatic N) is 1.